The molecule has 0 saturated carbocycles. The Kier molecular flexibility index (Phi) is 3.71. The van der Waals surface area contributed by atoms with Crippen LogP contribution in [0.4, 0.5) is 0 Å². The molecule has 2 rings (SSSR count). The number of pyridine rings is 1. The smallest absolute Gasteiger partial charge is 0.0746 e. The maximum atomic E-state index is 5.80. The van der Waals surface area contributed by atoms with Crippen LogP contribution in [0.25, 0.3) is 10.9 Å². The van der Waals surface area contributed by atoms with Gasteiger partial charge in [0, 0.05) is 30.7 Å². The maximum Gasteiger partial charge on any atom is 0.0746 e. The SMILES string of the molecule is CC(N)CN(C)Cc1cccc2cccnc12. The van der Waals surface area contributed by atoms with Crippen molar-refractivity contribution < 1.29 is 0 Å². The number of nitrogens with two attached hydrogens (primary N) is 1. The van der Waals surface area contributed by atoms with E-state index in [2.05, 4.69) is 41.2 Å². The molecular weight excluding hydrogens is 210 g/mol. The van der Waals surface area contributed by atoms with Gasteiger partial charge >= 0.3 is 0 Å². The highest BCUT2D eigenvalue weighted by Gasteiger charge is 2.06. The normalized spacial score (nSPS) is 13.2. The predicted molar refractivity (Wildman–Crippen MR) is 71.7 cm³/mol. The van der Waals surface area contributed by atoms with Crippen molar-refractivity contribution >= 4 is 10.9 Å². The molecule has 0 aliphatic rings. The highest BCUT2D eigenvalue weighted by molar-refractivity contribution is 5.81. The van der Waals surface area contributed by atoms with E-state index in [4.69, 9.17) is 5.73 Å². The summed E-state index contributed by atoms with van der Waals surface area (Å²) in [7, 11) is 2.09. The molecule has 1 aromatic carbocycles. The minimum absolute atomic E-state index is 0.197. The van der Waals surface area contributed by atoms with Gasteiger partial charge in [-0.2, -0.15) is 0 Å². The third-order valence-electron chi connectivity index (χ3n) is 2.76. The van der Waals surface area contributed by atoms with Crippen LogP contribution in [0.2, 0.25) is 0 Å². The fourth-order valence-electron chi connectivity index (χ4n) is 2.14. The lowest BCUT2D eigenvalue weighted by atomic mass is 10.1. The molecule has 3 nitrogen and oxygen atoms in total. The van der Waals surface area contributed by atoms with Gasteiger partial charge in [0.05, 0.1) is 5.52 Å². The molecule has 0 aliphatic carbocycles. The van der Waals surface area contributed by atoms with Crippen LogP contribution < -0.4 is 5.73 Å². The third kappa shape index (κ3) is 3.02. The zero-order valence-corrected chi connectivity index (χ0v) is 10.4. The molecule has 1 atom stereocenters. The van der Waals surface area contributed by atoms with E-state index in [0.717, 1.165) is 18.6 Å². The monoisotopic (exact) mass is 229 g/mol. The zero-order valence-electron chi connectivity index (χ0n) is 10.4. The van der Waals surface area contributed by atoms with Crippen molar-refractivity contribution in [3.63, 3.8) is 0 Å². The first-order chi connectivity index (χ1) is 8.16. The van der Waals surface area contributed by atoms with Crippen molar-refractivity contribution in [2.24, 2.45) is 5.73 Å². The molecule has 1 heterocycles. The molecule has 1 aromatic heterocycles. The van der Waals surface area contributed by atoms with Crippen LogP contribution in [0.15, 0.2) is 36.5 Å². The summed E-state index contributed by atoms with van der Waals surface area (Å²) >= 11 is 0. The number of hydrogen-bond donors (Lipinski definition) is 1. The van der Waals surface area contributed by atoms with Crippen LogP contribution in [-0.2, 0) is 6.54 Å². The molecule has 0 bridgehead atoms. The highest BCUT2D eigenvalue weighted by atomic mass is 15.1. The lowest BCUT2D eigenvalue weighted by Crippen LogP contribution is -2.32. The summed E-state index contributed by atoms with van der Waals surface area (Å²) in [6.45, 7) is 3.80. The molecule has 1 unspecified atom stereocenters. The van der Waals surface area contributed by atoms with Gasteiger partial charge in [0.1, 0.15) is 0 Å². The Morgan fingerprint density at radius 3 is 2.82 bits per heavy atom. The number of para-hydroxylation sites is 1. The van der Waals surface area contributed by atoms with Gasteiger partial charge in [-0.25, -0.2) is 0 Å². The molecule has 0 aliphatic heterocycles. The number of likely N-dealkylation sites (N-methyl/N-ethyl adjacent to an activating group) is 1. The second-order valence-corrected chi connectivity index (χ2v) is 4.67. The average Bonchev–Trinajstić information content (AvgIpc) is 2.28. The lowest BCUT2D eigenvalue weighted by Gasteiger charge is -2.19. The molecule has 17 heavy (non-hydrogen) atoms. The van der Waals surface area contributed by atoms with Crippen molar-refractivity contribution in [3.8, 4) is 0 Å². The number of hydrogen-bond acceptors (Lipinski definition) is 3. The topological polar surface area (TPSA) is 42.1 Å². The molecule has 0 fully saturated rings. The fraction of sp³-hybridized carbons (Fsp3) is 0.357. The number of fused-ring (bicyclic) bond motifs is 1. The minimum atomic E-state index is 0.197. The number of aromatic nitrogens is 1. The fourth-order valence-corrected chi connectivity index (χ4v) is 2.14. The first-order valence-electron chi connectivity index (χ1n) is 5.93. The standard InChI is InChI=1S/C14H19N3/c1-11(15)9-17(2)10-13-6-3-5-12-7-4-8-16-14(12)13/h3-8,11H,9-10,15H2,1-2H3. The molecule has 90 valence electrons. The number of benzene rings is 1. The van der Waals surface area contributed by atoms with Gasteiger partial charge in [-0.3, -0.25) is 4.98 Å². The van der Waals surface area contributed by atoms with E-state index >= 15 is 0 Å². The second-order valence-electron chi connectivity index (χ2n) is 4.67. The Hall–Kier alpha value is -1.45. The van der Waals surface area contributed by atoms with Crippen LogP contribution in [0, 0.1) is 0 Å². The third-order valence-corrected chi connectivity index (χ3v) is 2.76. The van der Waals surface area contributed by atoms with Crippen LogP contribution in [0.1, 0.15) is 12.5 Å². The Morgan fingerprint density at radius 1 is 1.29 bits per heavy atom. The summed E-state index contributed by atoms with van der Waals surface area (Å²) < 4.78 is 0. The van der Waals surface area contributed by atoms with E-state index in [9.17, 15) is 0 Å². The molecule has 0 spiro atoms. The quantitative estimate of drug-likeness (QED) is 0.872. The summed E-state index contributed by atoms with van der Waals surface area (Å²) in [4.78, 5) is 6.69. The largest absolute Gasteiger partial charge is 0.327 e. The van der Waals surface area contributed by atoms with Crippen molar-refractivity contribution in [1.82, 2.24) is 9.88 Å². The van der Waals surface area contributed by atoms with Crippen LogP contribution >= 0.6 is 0 Å². The Morgan fingerprint density at radius 2 is 2.06 bits per heavy atom. The molecular formula is C14H19N3. The van der Waals surface area contributed by atoms with Crippen LogP contribution in [0.5, 0.6) is 0 Å². The van der Waals surface area contributed by atoms with Gasteiger partial charge in [-0.05, 0) is 25.6 Å². The summed E-state index contributed by atoms with van der Waals surface area (Å²) in [6, 6.07) is 10.6. The van der Waals surface area contributed by atoms with E-state index in [1.54, 1.807) is 0 Å². The van der Waals surface area contributed by atoms with E-state index in [-0.39, 0.29) is 6.04 Å². The number of rotatable bonds is 4. The van der Waals surface area contributed by atoms with E-state index in [1.807, 2.05) is 19.2 Å². The Balaban J connectivity index is 2.24. The summed E-state index contributed by atoms with van der Waals surface area (Å²) in [5.41, 5.74) is 8.15. The predicted octanol–water partition coefficient (Wildman–Crippen LogP) is 2.01. The first-order valence-corrected chi connectivity index (χ1v) is 5.93. The second kappa shape index (κ2) is 5.25. The first kappa shape index (κ1) is 12.0. The minimum Gasteiger partial charge on any atom is -0.327 e. The molecule has 2 N–H and O–H groups in total. The number of nitrogens with zero attached hydrogens (tertiary/aromatic N) is 2. The lowest BCUT2D eigenvalue weighted by molar-refractivity contribution is 0.311. The van der Waals surface area contributed by atoms with Crippen LogP contribution in [0.3, 0.4) is 0 Å². The van der Waals surface area contributed by atoms with E-state index in [1.165, 1.54) is 10.9 Å². The molecule has 0 radical (unpaired) electrons. The zero-order chi connectivity index (χ0) is 12.3. The molecule has 3 heteroatoms. The van der Waals surface area contributed by atoms with Gasteiger partial charge in [-0.1, -0.05) is 24.3 Å². The maximum absolute atomic E-state index is 5.80. The van der Waals surface area contributed by atoms with Crippen LogP contribution in [-0.4, -0.2) is 29.5 Å². The van der Waals surface area contributed by atoms with E-state index in [0.29, 0.717) is 0 Å². The molecule has 0 saturated heterocycles. The average molecular weight is 229 g/mol. The van der Waals surface area contributed by atoms with Crippen molar-refractivity contribution in [2.45, 2.75) is 19.5 Å². The van der Waals surface area contributed by atoms with Gasteiger partial charge in [0.2, 0.25) is 0 Å². The summed E-state index contributed by atoms with van der Waals surface area (Å²) in [6.07, 6.45) is 1.84. The summed E-state index contributed by atoms with van der Waals surface area (Å²) in [5.74, 6) is 0. The van der Waals surface area contributed by atoms with Gasteiger partial charge in [-0.15, -0.1) is 0 Å². The van der Waals surface area contributed by atoms with Gasteiger partial charge < -0.3 is 10.6 Å². The van der Waals surface area contributed by atoms with E-state index < -0.39 is 0 Å². The van der Waals surface area contributed by atoms with Gasteiger partial charge in [0.15, 0.2) is 0 Å². The van der Waals surface area contributed by atoms with Crippen molar-refractivity contribution in [2.75, 3.05) is 13.6 Å². The highest BCUT2D eigenvalue weighted by Crippen LogP contribution is 2.17. The summed E-state index contributed by atoms with van der Waals surface area (Å²) in [5, 5.41) is 1.19. The van der Waals surface area contributed by atoms with Crippen molar-refractivity contribution in [3.05, 3.63) is 42.1 Å². The van der Waals surface area contributed by atoms with Gasteiger partial charge in [0.25, 0.3) is 0 Å². The Bertz CT molecular complexity index is 488. The molecule has 0 amide bonds. The molecule has 2 aromatic rings. The van der Waals surface area contributed by atoms with Crippen molar-refractivity contribution in [1.29, 1.82) is 0 Å². The Labute approximate surface area is 102 Å².